The summed E-state index contributed by atoms with van der Waals surface area (Å²) in [7, 11) is 1.38. The molecule has 0 aliphatic heterocycles. The maximum atomic E-state index is 13.8. The van der Waals surface area contributed by atoms with E-state index in [9.17, 15) is 18.4 Å². The lowest BCUT2D eigenvalue weighted by atomic mass is 10.1. The first-order valence-corrected chi connectivity index (χ1v) is 9.60. The van der Waals surface area contributed by atoms with Crippen LogP contribution >= 0.6 is 0 Å². The van der Waals surface area contributed by atoms with Crippen molar-refractivity contribution in [3.8, 4) is 5.75 Å². The van der Waals surface area contributed by atoms with Gasteiger partial charge in [0.05, 0.1) is 12.5 Å². The van der Waals surface area contributed by atoms with Crippen LogP contribution < -0.4 is 15.4 Å². The summed E-state index contributed by atoms with van der Waals surface area (Å²) in [6.07, 6.45) is 0. The third-order valence-corrected chi connectivity index (χ3v) is 4.83. The van der Waals surface area contributed by atoms with E-state index in [1.165, 1.54) is 43.5 Å². The van der Waals surface area contributed by atoms with Crippen molar-refractivity contribution in [2.75, 3.05) is 17.7 Å². The first-order chi connectivity index (χ1) is 15.4. The van der Waals surface area contributed by atoms with Crippen LogP contribution in [0.25, 0.3) is 11.0 Å². The quantitative estimate of drug-likeness (QED) is 0.431. The van der Waals surface area contributed by atoms with Gasteiger partial charge in [0.15, 0.2) is 5.75 Å². The number of fused-ring (bicyclic) bond motifs is 1. The number of carbonyl (C=O) groups is 2. The fraction of sp³-hybridized carbons (Fsp3) is 0.0833. The van der Waals surface area contributed by atoms with Gasteiger partial charge in [0.2, 0.25) is 5.76 Å². The predicted molar refractivity (Wildman–Crippen MR) is 116 cm³/mol. The molecule has 0 spiro atoms. The Kier molecular flexibility index (Phi) is 5.59. The summed E-state index contributed by atoms with van der Waals surface area (Å²) in [5.74, 6) is -2.02. The van der Waals surface area contributed by atoms with Crippen LogP contribution in [0.15, 0.2) is 65.1 Å². The van der Waals surface area contributed by atoms with Crippen LogP contribution in [0, 0.1) is 18.6 Å². The fourth-order valence-corrected chi connectivity index (χ4v) is 3.20. The molecule has 4 rings (SSSR count). The minimum atomic E-state index is -0.621. The van der Waals surface area contributed by atoms with Crippen LogP contribution in [0.5, 0.6) is 5.75 Å². The minimum absolute atomic E-state index is 0.101. The number of anilines is 2. The Hall–Kier alpha value is -4.20. The van der Waals surface area contributed by atoms with Crippen molar-refractivity contribution in [2.24, 2.45) is 0 Å². The summed E-state index contributed by atoms with van der Waals surface area (Å²) in [5, 5.41) is 5.69. The average molecular weight is 436 g/mol. The molecule has 1 aromatic heterocycles. The van der Waals surface area contributed by atoms with Gasteiger partial charge < -0.3 is 19.8 Å². The van der Waals surface area contributed by atoms with E-state index in [-0.39, 0.29) is 22.8 Å². The van der Waals surface area contributed by atoms with Crippen LogP contribution in [-0.4, -0.2) is 18.9 Å². The molecule has 0 radical (unpaired) electrons. The zero-order valence-corrected chi connectivity index (χ0v) is 17.2. The van der Waals surface area contributed by atoms with E-state index in [0.29, 0.717) is 22.2 Å². The Morgan fingerprint density at radius 1 is 0.906 bits per heavy atom. The van der Waals surface area contributed by atoms with Gasteiger partial charge in [-0.1, -0.05) is 12.1 Å². The first kappa shape index (κ1) is 21.0. The molecule has 0 bridgehead atoms. The van der Waals surface area contributed by atoms with Crippen LogP contribution in [-0.2, 0) is 0 Å². The van der Waals surface area contributed by atoms with Crippen molar-refractivity contribution in [3.05, 3.63) is 89.2 Å². The van der Waals surface area contributed by atoms with Crippen LogP contribution in [0.1, 0.15) is 26.5 Å². The van der Waals surface area contributed by atoms with E-state index in [2.05, 4.69) is 10.6 Å². The normalized spacial score (nSPS) is 10.8. The van der Waals surface area contributed by atoms with E-state index in [4.69, 9.17) is 9.15 Å². The lowest BCUT2D eigenvalue weighted by molar-refractivity contribution is 0.0992. The number of methoxy groups -OCH3 is 1. The fourth-order valence-electron chi connectivity index (χ4n) is 3.20. The Labute approximate surface area is 181 Å². The molecule has 2 N–H and O–H groups in total. The highest BCUT2D eigenvalue weighted by molar-refractivity contribution is 6.09. The standard InChI is InChI=1S/C24H18F2N2O4/c1-13-6-7-14(10-19(13)26)23(29)27-17-8-9-20-18(12-17)21(31-2)22(32-20)24(30)28-16-5-3-4-15(25)11-16/h3-12H,1-2H3,(H,27,29)(H,28,30). The van der Waals surface area contributed by atoms with Crippen molar-refractivity contribution >= 4 is 34.2 Å². The molecule has 2 amide bonds. The number of hydrogen-bond donors (Lipinski definition) is 2. The molecule has 4 aromatic rings. The number of benzene rings is 3. The van der Waals surface area contributed by atoms with Crippen molar-refractivity contribution in [1.29, 1.82) is 0 Å². The summed E-state index contributed by atoms with van der Waals surface area (Å²) in [5.41, 5.74) is 1.62. The molecule has 3 aromatic carbocycles. The summed E-state index contributed by atoms with van der Waals surface area (Å²) in [6.45, 7) is 1.61. The molecular formula is C24H18F2N2O4. The monoisotopic (exact) mass is 436 g/mol. The van der Waals surface area contributed by atoms with Gasteiger partial charge in [0.1, 0.15) is 17.2 Å². The molecule has 32 heavy (non-hydrogen) atoms. The molecule has 0 atom stereocenters. The van der Waals surface area contributed by atoms with E-state index in [1.54, 1.807) is 25.1 Å². The molecular weight excluding hydrogens is 418 g/mol. The Morgan fingerprint density at radius 3 is 2.38 bits per heavy atom. The molecule has 6 nitrogen and oxygen atoms in total. The Bertz CT molecular complexity index is 1350. The van der Waals surface area contributed by atoms with Gasteiger partial charge in [-0.15, -0.1) is 0 Å². The predicted octanol–water partition coefficient (Wildman–Crippen LogP) is 5.53. The van der Waals surface area contributed by atoms with Crippen LogP contribution in [0.4, 0.5) is 20.2 Å². The van der Waals surface area contributed by atoms with E-state index in [1.807, 2.05) is 0 Å². The molecule has 0 fully saturated rings. The summed E-state index contributed by atoms with van der Waals surface area (Å²) >= 11 is 0. The molecule has 0 aliphatic carbocycles. The van der Waals surface area contributed by atoms with Gasteiger partial charge >= 0.3 is 0 Å². The number of carbonyl (C=O) groups excluding carboxylic acids is 2. The molecule has 0 saturated carbocycles. The van der Waals surface area contributed by atoms with Crippen LogP contribution in [0.3, 0.4) is 0 Å². The maximum Gasteiger partial charge on any atom is 0.295 e. The van der Waals surface area contributed by atoms with Gasteiger partial charge in [-0.3, -0.25) is 9.59 Å². The number of amides is 2. The average Bonchev–Trinajstić information content (AvgIpc) is 3.13. The first-order valence-electron chi connectivity index (χ1n) is 9.60. The molecule has 0 unspecified atom stereocenters. The zero-order valence-electron chi connectivity index (χ0n) is 17.2. The highest BCUT2D eigenvalue weighted by Crippen LogP contribution is 2.35. The van der Waals surface area contributed by atoms with Crippen molar-refractivity contribution < 1.29 is 27.5 Å². The second-order valence-corrected chi connectivity index (χ2v) is 7.06. The van der Waals surface area contributed by atoms with Crippen molar-refractivity contribution in [1.82, 2.24) is 0 Å². The number of nitrogens with one attached hydrogen (secondary N) is 2. The van der Waals surface area contributed by atoms with Crippen molar-refractivity contribution in [2.45, 2.75) is 6.92 Å². The van der Waals surface area contributed by atoms with Gasteiger partial charge in [0.25, 0.3) is 11.8 Å². The number of rotatable bonds is 5. The zero-order chi connectivity index (χ0) is 22.8. The van der Waals surface area contributed by atoms with E-state index >= 15 is 0 Å². The highest BCUT2D eigenvalue weighted by Gasteiger charge is 2.22. The molecule has 162 valence electrons. The molecule has 0 aliphatic rings. The molecule has 0 saturated heterocycles. The van der Waals surface area contributed by atoms with Gasteiger partial charge in [-0.25, -0.2) is 8.78 Å². The second-order valence-electron chi connectivity index (χ2n) is 7.06. The topological polar surface area (TPSA) is 80.6 Å². The van der Waals surface area contributed by atoms with Gasteiger partial charge in [-0.05, 0) is 61.0 Å². The van der Waals surface area contributed by atoms with Crippen LogP contribution in [0.2, 0.25) is 0 Å². The minimum Gasteiger partial charge on any atom is -0.492 e. The summed E-state index contributed by atoms with van der Waals surface area (Å²) < 4.78 is 38.2. The largest absolute Gasteiger partial charge is 0.492 e. The number of halogens is 2. The third-order valence-electron chi connectivity index (χ3n) is 4.83. The van der Waals surface area contributed by atoms with Gasteiger partial charge in [0, 0.05) is 16.9 Å². The number of furan rings is 1. The van der Waals surface area contributed by atoms with E-state index in [0.717, 1.165) is 6.07 Å². The number of aryl methyl sites for hydroxylation is 1. The lowest BCUT2D eigenvalue weighted by Crippen LogP contribution is -2.12. The second kappa shape index (κ2) is 8.50. The highest BCUT2D eigenvalue weighted by atomic mass is 19.1. The lowest BCUT2D eigenvalue weighted by Gasteiger charge is -2.07. The summed E-state index contributed by atoms with van der Waals surface area (Å²) in [6, 6.07) is 14.4. The third kappa shape index (κ3) is 4.15. The molecule has 1 heterocycles. The Balaban J connectivity index is 1.61. The van der Waals surface area contributed by atoms with E-state index < -0.39 is 23.4 Å². The number of ether oxygens (including phenoxy) is 1. The number of hydrogen-bond acceptors (Lipinski definition) is 4. The Morgan fingerprint density at radius 2 is 1.66 bits per heavy atom. The maximum absolute atomic E-state index is 13.8. The molecule has 8 heteroatoms. The summed E-state index contributed by atoms with van der Waals surface area (Å²) in [4.78, 5) is 25.2. The van der Waals surface area contributed by atoms with Crippen molar-refractivity contribution in [3.63, 3.8) is 0 Å². The smallest absolute Gasteiger partial charge is 0.295 e. The SMILES string of the molecule is COc1c(C(=O)Nc2cccc(F)c2)oc2ccc(NC(=O)c3ccc(C)c(F)c3)cc12. The van der Waals surface area contributed by atoms with Gasteiger partial charge in [-0.2, -0.15) is 0 Å².